The maximum absolute atomic E-state index is 11.6. The van der Waals surface area contributed by atoms with E-state index in [0.717, 1.165) is 22.4 Å². The lowest BCUT2D eigenvalue weighted by molar-refractivity contribution is -0.147. The topological polar surface area (TPSA) is 47.6 Å². The van der Waals surface area contributed by atoms with Gasteiger partial charge >= 0.3 is 5.97 Å². The summed E-state index contributed by atoms with van der Waals surface area (Å²) in [4.78, 5) is 16.7. The van der Waals surface area contributed by atoms with Crippen LogP contribution in [0.3, 0.4) is 0 Å². The van der Waals surface area contributed by atoms with Gasteiger partial charge < -0.3 is 4.74 Å². The molecule has 0 aliphatic rings. The molecule has 0 amide bonds. The maximum atomic E-state index is 11.6. The van der Waals surface area contributed by atoms with Crippen molar-refractivity contribution >= 4 is 11.7 Å². The fraction of sp³-hybridized carbons (Fsp3) is 0.250. The third kappa shape index (κ3) is 4.15. The van der Waals surface area contributed by atoms with Crippen LogP contribution in [0.25, 0.3) is 11.1 Å². The molecule has 4 heteroatoms. The van der Waals surface area contributed by atoms with Crippen molar-refractivity contribution in [3.63, 3.8) is 0 Å². The number of para-hydroxylation sites is 1. The molecule has 2 aromatic carbocycles. The van der Waals surface area contributed by atoms with Crippen LogP contribution in [0.5, 0.6) is 0 Å². The fourth-order valence-electron chi connectivity index (χ4n) is 2.20. The summed E-state index contributed by atoms with van der Waals surface area (Å²) in [6, 6.07) is 15.7. The Kier molecular flexibility index (Phi) is 5.62. The van der Waals surface area contributed by atoms with Crippen LogP contribution in [-0.4, -0.2) is 20.2 Å². The zero-order valence-corrected chi connectivity index (χ0v) is 14.3. The van der Waals surface area contributed by atoms with E-state index in [1.54, 1.807) is 21.0 Å². The van der Waals surface area contributed by atoms with Gasteiger partial charge in [0.1, 0.15) is 5.41 Å². The second-order valence-corrected chi connectivity index (χ2v) is 5.80. The quantitative estimate of drug-likeness (QED) is 0.527. The smallest absolute Gasteiger partial charge is 0.323 e. The molecule has 1 N–H and O–H groups in total. The van der Waals surface area contributed by atoms with Gasteiger partial charge in [0, 0.05) is 11.1 Å². The summed E-state index contributed by atoms with van der Waals surface area (Å²) in [6.07, 6.45) is 0. The molecular formula is C20H21NO3. The fourth-order valence-corrected chi connectivity index (χ4v) is 2.20. The lowest BCUT2D eigenvalue weighted by Crippen LogP contribution is -2.23. The molecule has 0 atom stereocenters. The molecule has 0 aromatic heterocycles. The van der Waals surface area contributed by atoms with E-state index >= 15 is 0 Å². The molecule has 0 saturated heterocycles. The summed E-state index contributed by atoms with van der Waals surface area (Å²) in [7, 11) is 2.95. The van der Waals surface area contributed by atoms with Crippen LogP contribution in [-0.2, 0) is 14.4 Å². The average molecular weight is 323 g/mol. The Morgan fingerprint density at radius 3 is 2.33 bits per heavy atom. The summed E-state index contributed by atoms with van der Waals surface area (Å²) in [5.41, 5.74) is 5.86. The van der Waals surface area contributed by atoms with Crippen molar-refractivity contribution in [3.05, 3.63) is 54.1 Å². The molecule has 124 valence electrons. The number of carbonyl (C=O) groups excluding carboxylic acids is 1. The highest BCUT2D eigenvalue weighted by Crippen LogP contribution is 2.28. The molecular weight excluding hydrogens is 302 g/mol. The standard InChI is InChI=1S/C20H21NO3/c1-20(2,19(22)23-3)14-13-15-9-11-16(12-10-15)17-7-5-6-8-18(17)21-24-4/h5-12,21H,1-4H3. The summed E-state index contributed by atoms with van der Waals surface area (Å²) in [5.74, 6) is 5.65. The minimum absolute atomic E-state index is 0.341. The molecule has 2 rings (SSSR count). The van der Waals surface area contributed by atoms with Crippen LogP contribution in [0.15, 0.2) is 48.5 Å². The lowest BCUT2D eigenvalue weighted by Gasteiger charge is -2.13. The number of ether oxygens (including phenoxy) is 1. The molecule has 0 spiro atoms. The molecule has 0 unspecified atom stereocenters. The van der Waals surface area contributed by atoms with Gasteiger partial charge in [-0.25, -0.2) is 0 Å². The molecule has 0 aliphatic heterocycles. The number of nitrogens with one attached hydrogen (secondary N) is 1. The van der Waals surface area contributed by atoms with E-state index in [1.165, 1.54) is 7.11 Å². The van der Waals surface area contributed by atoms with Gasteiger partial charge in [-0.1, -0.05) is 42.2 Å². The van der Waals surface area contributed by atoms with Crippen LogP contribution in [0, 0.1) is 17.3 Å². The lowest BCUT2D eigenvalue weighted by atomic mass is 9.94. The number of rotatable bonds is 4. The van der Waals surface area contributed by atoms with E-state index < -0.39 is 5.41 Å². The number of methoxy groups -OCH3 is 1. The summed E-state index contributed by atoms with van der Waals surface area (Å²) >= 11 is 0. The Morgan fingerprint density at radius 1 is 1.04 bits per heavy atom. The highest BCUT2D eigenvalue weighted by atomic mass is 16.6. The van der Waals surface area contributed by atoms with Crippen molar-refractivity contribution in [2.75, 3.05) is 19.7 Å². The van der Waals surface area contributed by atoms with E-state index in [4.69, 9.17) is 9.57 Å². The molecule has 0 heterocycles. The molecule has 0 aliphatic carbocycles. The number of benzene rings is 2. The minimum atomic E-state index is -0.831. The van der Waals surface area contributed by atoms with Gasteiger partial charge in [-0.3, -0.25) is 15.1 Å². The van der Waals surface area contributed by atoms with Crippen molar-refractivity contribution in [2.24, 2.45) is 5.41 Å². The highest BCUT2D eigenvalue weighted by Gasteiger charge is 2.25. The Hall–Kier alpha value is -2.77. The van der Waals surface area contributed by atoms with Gasteiger partial charge in [0.25, 0.3) is 0 Å². The van der Waals surface area contributed by atoms with Crippen molar-refractivity contribution in [2.45, 2.75) is 13.8 Å². The van der Waals surface area contributed by atoms with E-state index in [2.05, 4.69) is 17.3 Å². The van der Waals surface area contributed by atoms with Gasteiger partial charge in [-0.15, -0.1) is 0 Å². The third-order valence-corrected chi connectivity index (χ3v) is 3.55. The average Bonchev–Trinajstić information content (AvgIpc) is 2.60. The molecule has 4 nitrogen and oxygen atoms in total. The molecule has 0 fully saturated rings. The third-order valence-electron chi connectivity index (χ3n) is 3.55. The van der Waals surface area contributed by atoms with E-state index in [9.17, 15) is 4.79 Å². The number of hydrogen-bond donors (Lipinski definition) is 1. The highest BCUT2D eigenvalue weighted by molar-refractivity contribution is 5.80. The minimum Gasteiger partial charge on any atom is -0.468 e. The zero-order chi connectivity index (χ0) is 17.6. The SMILES string of the molecule is CONc1ccccc1-c1ccc(C#CC(C)(C)C(=O)OC)cc1. The Bertz CT molecular complexity index is 767. The van der Waals surface area contributed by atoms with E-state index in [1.807, 2.05) is 48.5 Å². The molecule has 2 aromatic rings. The van der Waals surface area contributed by atoms with Gasteiger partial charge in [0.2, 0.25) is 0 Å². The van der Waals surface area contributed by atoms with Crippen molar-refractivity contribution in [1.29, 1.82) is 0 Å². The first-order valence-electron chi connectivity index (χ1n) is 7.58. The monoisotopic (exact) mass is 323 g/mol. The first-order valence-corrected chi connectivity index (χ1v) is 7.58. The number of esters is 1. The van der Waals surface area contributed by atoms with Gasteiger partial charge in [0.15, 0.2) is 0 Å². The number of hydrogen-bond acceptors (Lipinski definition) is 4. The van der Waals surface area contributed by atoms with E-state index in [-0.39, 0.29) is 5.97 Å². The summed E-state index contributed by atoms with van der Waals surface area (Å²) < 4.78 is 4.76. The largest absolute Gasteiger partial charge is 0.468 e. The Balaban J connectivity index is 2.25. The van der Waals surface area contributed by atoms with Crippen LogP contribution < -0.4 is 5.48 Å². The summed E-state index contributed by atoms with van der Waals surface area (Å²) in [5, 5.41) is 0. The van der Waals surface area contributed by atoms with Gasteiger partial charge in [0.05, 0.1) is 19.9 Å². The van der Waals surface area contributed by atoms with Crippen molar-refractivity contribution in [3.8, 4) is 23.0 Å². The van der Waals surface area contributed by atoms with Crippen LogP contribution in [0.2, 0.25) is 0 Å². The van der Waals surface area contributed by atoms with Crippen LogP contribution >= 0.6 is 0 Å². The van der Waals surface area contributed by atoms with E-state index in [0.29, 0.717) is 0 Å². The summed E-state index contributed by atoms with van der Waals surface area (Å²) in [6.45, 7) is 3.49. The molecule has 0 bridgehead atoms. The predicted octanol–water partition coefficient (Wildman–Crippen LogP) is 3.88. The number of anilines is 1. The van der Waals surface area contributed by atoms with Crippen molar-refractivity contribution < 1.29 is 14.4 Å². The van der Waals surface area contributed by atoms with Gasteiger partial charge in [-0.05, 0) is 37.6 Å². The number of carbonyl (C=O) groups is 1. The van der Waals surface area contributed by atoms with Gasteiger partial charge in [-0.2, -0.15) is 0 Å². The molecule has 0 saturated carbocycles. The predicted molar refractivity (Wildman–Crippen MR) is 95.2 cm³/mol. The maximum Gasteiger partial charge on any atom is 0.323 e. The first kappa shape index (κ1) is 17.6. The normalized spacial score (nSPS) is 10.5. The Labute approximate surface area is 142 Å². The Morgan fingerprint density at radius 2 is 1.71 bits per heavy atom. The van der Waals surface area contributed by atoms with Crippen LogP contribution in [0.1, 0.15) is 19.4 Å². The first-order chi connectivity index (χ1) is 11.5. The van der Waals surface area contributed by atoms with Crippen LogP contribution in [0.4, 0.5) is 5.69 Å². The second kappa shape index (κ2) is 7.67. The van der Waals surface area contributed by atoms with Crippen molar-refractivity contribution in [1.82, 2.24) is 0 Å². The second-order valence-electron chi connectivity index (χ2n) is 5.80. The molecule has 0 radical (unpaired) electrons. The zero-order valence-electron chi connectivity index (χ0n) is 14.3. The molecule has 24 heavy (non-hydrogen) atoms.